The standard InChI is InChI=1S/C17H13ClF2N4OS/c1-17(4-5-26-16(21)24-17)11-7-10(2-3-12(11)19)23-15(25)14-13(20)6-9(18)8-22-14/h2-8H,1H3,(H2,21,24)(H,23,25). The quantitative estimate of drug-likeness (QED) is 0.822. The highest BCUT2D eigenvalue weighted by atomic mass is 35.5. The van der Waals surface area contributed by atoms with E-state index >= 15 is 0 Å². The van der Waals surface area contributed by atoms with Crippen molar-refractivity contribution >= 4 is 40.1 Å². The van der Waals surface area contributed by atoms with E-state index in [2.05, 4.69) is 15.3 Å². The Bertz CT molecular complexity index is 950. The van der Waals surface area contributed by atoms with Crippen LogP contribution in [0.2, 0.25) is 5.02 Å². The number of aliphatic imine (C=N–C) groups is 1. The highest BCUT2D eigenvalue weighted by Crippen LogP contribution is 2.35. The lowest BCUT2D eigenvalue weighted by Crippen LogP contribution is -2.25. The highest BCUT2D eigenvalue weighted by molar-refractivity contribution is 8.16. The second-order valence-corrected chi connectivity index (χ2v) is 7.01. The number of carbonyl (C=O) groups is 1. The average molecular weight is 395 g/mol. The Morgan fingerprint density at radius 3 is 2.77 bits per heavy atom. The summed E-state index contributed by atoms with van der Waals surface area (Å²) in [6, 6.07) is 4.98. The molecule has 5 nitrogen and oxygen atoms in total. The van der Waals surface area contributed by atoms with Gasteiger partial charge in [0.2, 0.25) is 0 Å². The third kappa shape index (κ3) is 3.71. The molecule has 2 aromatic rings. The van der Waals surface area contributed by atoms with Crippen LogP contribution in [0.1, 0.15) is 23.0 Å². The fourth-order valence-electron chi connectivity index (χ4n) is 2.44. The van der Waals surface area contributed by atoms with Gasteiger partial charge in [-0.05, 0) is 42.7 Å². The van der Waals surface area contributed by atoms with Crippen LogP contribution in [-0.4, -0.2) is 16.1 Å². The van der Waals surface area contributed by atoms with Gasteiger partial charge in [0.05, 0.1) is 5.02 Å². The topological polar surface area (TPSA) is 80.4 Å². The molecule has 134 valence electrons. The van der Waals surface area contributed by atoms with E-state index in [4.69, 9.17) is 17.3 Å². The lowest BCUT2D eigenvalue weighted by molar-refractivity contribution is 0.101. The van der Waals surface area contributed by atoms with Crippen LogP contribution in [0.4, 0.5) is 14.5 Å². The zero-order valence-electron chi connectivity index (χ0n) is 13.5. The van der Waals surface area contributed by atoms with Crippen molar-refractivity contribution in [3.8, 4) is 0 Å². The van der Waals surface area contributed by atoms with E-state index in [1.54, 1.807) is 18.4 Å². The smallest absolute Gasteiger partial charge is 0.277 e. The fourth-order valence-corrected chi connectivity index (χ4v) is 3.30. The number of amidine groups is 1. The molecule has 0 radical (unpaired) electrons. The average Bonchev–Trinajstić information content (AvgIpc) is 2.56. The van der Waals surface area contributed by atoms with Crippen LogP contribution in [0.3, 0.4) is 0 Å². The summed E-state index contributed by atoms with van der Waals surface area (Å²) >= 11 is 6.86. The predicted molar refractivity (Wildman–Crippen MR) is 99.3 cm³/mol. The summed E-state index contributed by atoms with van der Waals surface area (Å²) in [6.45, 7) is 1.69. The number of anilines is 1. The molecule has 1 unspecified atom stereocenters. The Morgan fingerprint density at radius 1 is 1.31 bits per heavy atom. The summed E-state index contributed by atoms with van der Waals surface area (Å²) in [7, 11) is 0. The highest BCUT2D eigenvalue weighted by Gasteiger charge is 2.29. The molecule has 0 spiro atoms. The minimum atomic E-state index is -1.01. The van der Waals surface area contributed by atoms with Crippen LogP contribution in [-0.2, 0) is 5.54 Å². The number of thioether (sulfide) groups is 1. The molecule has 1 amide bonds. The molecule has 9 heteroatoms. The maximum Gasteiger partial charge on any atom is 0.277 e. The maximum absolute atomic E-state index is 14.3. The van der Waals surface area contributed by atoms with Crippen molar-refractivity contribution in [2.45, 2.75) is 12.5 Å². The lowest BCUT2D eigenvalue weighted by Gasteiger charge is -2.26. The summed E-state index contributed by atoms with van der Waals surface area (Å²) in [6.07, 6.45) is 2.87. The number of hydrogen-bond donors (Lipinski definition) is 2. The van der Waals surface area contributed by atoms with Crippen molar-refractivity contribution in [3.63, 3.8) is 0 Å². The second kappa shape index (κ2) is 7.05. The maximum atomic E-state index is 14.3. The number of nitrogens with one attached hydrogen (secondary N) is 1. The predicted octanol–water partition coefficient (Wildman–Crippen LogP) is 4.06. The normalized spacial score (nSPS) is 19.2. The molecule has 2 heterocycles. The summed E-state index contributed by atoms with van der Waals surface area (Å²) in [5.74, 6) is -2.14. The van der Waals surface area contributed by atoms with E-state index in [0.29, 0.717) is 5.17 Å². The largest absolute Gasteiger partial charge is 0.378 e. The Hall–Kier alpha value is -2.45. The SMILES string of the molecule is CC1(c2cc(NC(=O)c3ncc(Cl)cc3F)ccc2F)C=CSC(N)=N1. The molecule has 26 heavy (non-hydrogen) atoms. The van der Waals surface area contributed by atoms with Crippen molar-refractivity contribution in [1.29, 1.82) is 0 Å². The molecule has 0 saturated carbocycles. The molecule has 1 aliphatic rings. The van der Waals surface area contributed by atoms with E-state index in [9.17, 15) is 13.6 Å². The van der Waals surface area contributed by atoms with Crippen molar-refractivity contribution in [3.05, 3.63) is 69.9 Å². The van der Waals surface area contributed by atoms with Crippen LogP contribution in [0.15, 0.2) is 46.9 Å². The van der Waals surface area contributed by atoms with Gasteiger partial charge in [-0.3, -0.25) is 4.79 Å². The number of benzene rings is 1. The Balaban J connectivity index is 1.92. The van der Waals surface area contributed by atoms with Gasteiger partial charge < -0.3 is 11.1 Å². The van der Waals surface area contributed by atoms with Crippen LogP contribution < -0.4 is 11.1 Å². The summed E-state index contributed by atoms with van der Waals surface area (Å²) in [5, 5.41) is 4.60. The molecule has 0 fully saturated rings. The summed E-state index contributed by atoms with van der Waals surface area (Å²) in [4.78, 5) is 20.2. The number of pyridine rings is 1. The first-order valence-corrected chi connectivity index (χ1v) is 8.66. The number of amides is 1. The fraction of sp³-hybridized carbons (Fsp3) is 0.118. The molecule has 3 N–H and O–H groups in total. The van der Waals surface area contributed by atoms with E-state index < -0.39 is 28.8 Å². The van der Waals surface area contributed by atoms with E-state index in [1.165, 1.54) is 36.2 Å². The van der Waals surface area contributed by atoms with Gasteiger partial charge in [-0.15, -0.1) is 0 Å². The van der Waals surface area contributed by atoms with Gasteiger partial charge in [0.15, 0.2) is 16.7 Å². The van der Waals surface area contributed by atoms with Gasteiger partial charge in [-0.1, -0.05) is 23.4 Å². The number of nitrogens with zero attached hydrogens (tertiary/aromatic N) is 2. The first kappa shape index (κ1) is 18.3. The first-order valence-electron chi connectivity index (χ1n) is 7.40. The molecule has 0 bridgehead atoms. The van der Waals surface area contributed by atoms with Gasteiger partial charge in [-0.25, -0.2) is 18.8 Å². The molecule has 0 saturated heterocycles. The van der Waals surface area contributed by atoms with Crippen molar-refractivity contribution in [2.75, 3.05) is 5.32 Å². The van der Waals surface area contributed by atoms with E-state index in [1.807, 2.05) is 0 Å². The van der Waals surface area contributed by atoms with Crippen LogP contribution in [0.25, 0.3) is 0 Å². The Kier molecular flexibility index (Phi) is 4.97. The molecule has 3 rings (SSSR count). The summed E-state index contributed by atoms with van der Waals surface area (Å²) < 4.78 is 28.2. The molecular weight excluding hydrogens is 382 g/mol. The molecular formula is C17H13ClF2N4OS. The molecule has 1 aliphatic heterocycles. The number of aromatic nitrogens is 1. The summed E-state index contributed by atoms with van der Waals surface area (Å²) in [5.41, 5.74) is 4.80. The number of hydrogen-bond acceptors (Lipinski definition) is 5. The van der Waals surface area contributed by atoms with Crippen molar-refractivity contribution < 1.29 is 13.6 Å². The minimum absolute atomic E-state index is 0.0773. The third-order valence-corrected chi connectivity index (χ3v) is 4.53. The van der Waals surface area contributed by atoms with Crippen LogP contribution in [0.5, 0.6) is 0 Å². The van der Waals surface area contributed by atoms with Crippen LogP contribution >= 0.6 is 23.4 Å². The molecule has 1 atom stereocenters. The lowest BCUT2D eigenvalue weighted by atomic mass is 9.92. The van der Waals surface area contributed by atoms with Gasteiger partial charge >= 0.3 is 0 Å². The first-order chi connectivity index (χ1) is 12.3. The van der Waals surface area contributed by atoms with Gasteiger partial charge in [0.25, 0.3) is 5.91 Å². The molecule has 1 aromatic carbocycles. The van der Waals surface area contributed by atoms with Gasteiger partial charge in [-0.2, -0.15) is 0 Å². The Morgan fingerprint density at radius 2 is 2.08 bits per heavy atom. The van der Waals surface area contributed by atoms with Gasteiger partial charge in [0.1, 0.15) is 11.4 Å². The van der Waals surface area contributed by atoms with E-state index in [-0.39, 0.29) is 16.3 Å². The van der Waals surface area contributed by atoms with Crippen LogP contribution in [0, 0.1) is 11.6 Å². The zero-order valence-corrected chi connectivity index (χ0v) is 15.0. The van der Waals surface area contributed by atoms with Crippen molar-refractivity contribution in [1.82, 2.24) is 4.98 Å². The van der Waals surface area contributed by atoms with Gasteiger partial charge in [0, 0.05) is 17.4 Å². The number of carbonyl (C=O) groups excluding carboxylic acids is 1. The number of halogens is 3. The monoisotopic (exact) mass is 394 g/mol. The Labute approximate surface area is 157 Å². The van der Waals surface area contributed by atoms with Crippen molar-refractivity contribution in [2.24, 2.45) is 10.7 Å². The number of rotatable bonds is 3. The third-order valence-electron chi connectivity index (χ3n) is 3.72. The number of nitrogens with two attached hydrogens (primary N) is 1. The molecule has 0 aliphatic carbocycles. The molecule has 1 aromatic heterocycles. The second-order valence-electron chi connectivity index (χ2n) is 5.65. The van der Waals surface area contributed by atoms with E-state index in [0.717, 1.165) is 6.07 Å². The zero-order chi connectivity index (χ0) is 18.9. The minimum Gasteiger partial charge on any atom is -0.378 e.